The Morgan fingerprint density at radius 3 is 1.53 bits per heavy atom. The van der Waals surface area contributed by atoms with Crippen LogP contribution < -0.4 is 0 Å². The fourth-order valence-electron chi connectivity index (χ4n) is 4.18. The summed E-state index contributed by atoms with van der Waals surface area (Å²) in [6, 6.07) is 21.7. The Bertz CT molecular complexity index is 1180. The Labute approximate surface area is 218 Å². The number of halogens is 1. The summed E-state index contributed by atoms with van der Waals surface area (Å²) in [7, 11) is 0. The number of rotatable bonds is 11. The maximum atomic E-state index is 14.6. The van der Waals surface area contributed by atoms with Crippen LogP contribution in [0.2, 0.25) is 0 Å². The molecule has 0 nitrogen and oxygen atoms in total. The zero-order valence-corrected chi connectivity index (χ0v) is 22.0. The van der Waals surface area contributed by atoms with Gasteiger partial charge in [-0.1, -0.05) is 107 Å². The lowest BCUT2D eigenvalue weighted by Crippen LogP contribution is -1.88. The first kappa shape index (κ1) is 27.3. The summed E-state index contributed by atoms with van der Waals surface area (Å²) in [6.07, 6.45) is 13.8. The van der Waals surface area contributed by atoms with Crippen molar-refractivity contribution in [2.75, 3.05) is 0 Å². The molecule has 0 spiro atoms. The van der Waals surface area contributed by atoms with Gasteiger partial charge >= 0.3 is 0 Å². The maximum absolute atomic E-state index is 14.6. The number of unbranched alkanes of at least 4 members (excludes halogenated alkanes) is 7. The molecule has 0 saturated heterocycles. The standard InChI is InChI=1S/C35H39F/c1-3-5-7-8-9-11-13-30-14-18-31(19-15-30)22-23-33-25-27-34(35(36)28-33)26-24-32-20-16-29(17-21-32)12-10-6-4-2/h14-21,25,27-28H,3-13H2,1-2H3. The van der Waals surface area contributed by atoms with Crippen LogP contribution in [0.4, 0.5) is 4.39 Å². The molecule has 0 atom stereocenters. The summed E-state index contributed by atoms with van der Waals surface area (Å²) < 4.78 is 14.6. The fourth-order valence-corrected chi connectivity index (χ4v) is 4.18. The fraction of sp³-hybridized carbons (Fsp3) is 0.371. The van der Waals surface area contributed by atoms with E-state index in [0.717, 1.165) is 24.0 Å². The molecule has 3 rings (SSSR count). The van der Waals surface area contributed by atoms with Crippen LogP contribution in [0.25, 0.3) is 0 Å². The van der Waals surface area contributed by atoms with Gasteiger partial charge in [-0.05, 0) is 79.3 Å². The molecule has 3 aromatic rings. The van der Waals surface area contributed by atoms with Crippen LogP contribution in [0, 0.1) is 29.5 Å². The SMILES string of the molecule is CCCCCCCCc1ccc(C#Cc2ccc(C#Cc3ccc(CCCCC)cc3)c(F)c2)cc1. The molecule has 0 radical (unpaired) electrons. The van der Waals surface area contributed by atoms with E-state index >= 15 is 0 Å². The molecule has 186 valence electrons. The molecule has 1 heteroatoms. The predicted molar refractivity (Wildman–Crippen MR) is 152 cm³/mol. The van der Waals surface area contributed by atoms with Crippen LogP contribution in [0.15, 0.2) is 66.7 Å². The Morgan fingerprint density at radius 2 is 0.944 bits per heavy atom. The zero-order chi connectivity index (χ0) is 25.4. The van der Waals surface area contributed by atoms with Crippen molar-refractivity contribution >= 4 is 0 Å². The molecular weight excluding hydrogens is 439 g/mol. The topological polar surface area (TPSA) is 0 Å². The third-order valence-electron chi connectivity index (χ3n) is 6.46. The lowest BCUT2D eigenvalue weighted by atomic mass is 10.0. The second kappa shape index (κ2) is 15.7. The van der Waals surface area contributed by atoms with E-state index in [1.807, 2.05) is 18.2 Å². The van der Waals surface area contributed by atoms with Crippen LogP contribution in [0.3, 0.4) is 0 Å². The van der Waals surface area contributed by atoms with Crippen molar-refractivity contribution in [2.24, 2.45) is 0 Å². The summed E-state index contributed by atoms with van der Waals surface area (Å²) >= 11 is 0. The number of aryl methyl sites for hydroxylation is 2. The number of hydrogen-bond acceptors (Lipinski definition) is 0. The monoisotopic (exact) mass is 478 g/mol. The van der Waals surface area contributed by atoms with E-state index in [4.69, 9.17) is 0 Å². The van der Waals surface area contributed by atoms with Crippen LogP contribution in [0.5, 0.6) is 0 Å². The van der Waals surface area contributed by atoms with Crippen LogP contribution in [-0.4, -0.2) is 0 Å². The molecule has 0 aliphatic rings. The zero-order valence-electron chi connectivity index (χ0n) is 22.0. The van der Waals surface area contributed by atoms with Gasteiger partial charge in [0.2, 0.25) is 0 Å². The predicted octanol–water partition coefficient (Wildman–Crippen LogP) is 9.26. The Morgan fingerprint density at radius 1 is 0.500 bits per heavy atom. The Balaban J connectivity index is 1.53. The summed E-state index contributed by atoms with van der Waals surface area (Å²) in [6.45, 7) is 4.47. The minimum absolute atomic E-state index is 0.334. The molecule has 0 saturated carbocycles. The van der Waals surface area contributed by atoms with Gasteiger partial charge in [0.05, 0.1) is 5.56 Å². The van der Waals surface area contributed by atoms with Gasteiger partial charge in [-0.3, -0.25) is 0 Å². The van der Waals surface area contributed by atoms with E-state index in [1.54, 1.807) is 6.07 Å². The van der Waals surface area contributed by atoms with Crippen molar-refractivity contribution < 1.29 is 4.39 Å². The average molecular weight is 479 g/mol. The molecule has 0 heterocycles. The van der Waals surface area contributed by atoms with Crippen molar-refractivity contribution in [1.82, 2.24) is 0 Å². The second-order valence-corrected chi connectivity index (χ2v) is 9.56. The molecule has 0 aliphatic heterocycles. The largest absolute Gasteiger partial charge is 0.206 e. The van der Waals surface area contributed by atoms with E-state index in [0.29, 0.717) is 11.1 Å². The van der Waals surface area contributed by atoms with Crippen LogP contribution >= 0.6 is 0 Å². The highest BCUT2D eigenvalue weighted by Crippen LogP contribution is 2.13. The van der Waals surface area contributed by atoms with Gasteiger partial charge in [-0.25, -0.2) is 4.39 Å². The van der Waals surface area contributed by atoms with Crippen molar-refractivity contribution in [3.05, 3.63) is 106 Å². The number of hydrogen-bond donors (Lipinski definition) is 0. The highest BCUT2D eigenvalue weighted by Gasteiger charge is 2.01. The van der Waals surface area contributed by atoms with Crippen molar-refractivity contribution in [2.45, 2.75) is 84.5 Å². The first-order chi connectivity index (χ1) is 17.7. The first-order valence-corrected chi connectivity index (χ1v) is 13.7. The van der Waals surface area contributed by atoms with E-state index in [2.05, 4.69) is 73.9 Å². The molecule has 0 amide bonds. The van der Waals surface area contributed by atoms with Gasteiger partial charge < -0.3 is 0 Å². The Kier molecular flexibility index (Phi) is 11.9. The van der Waals surface area contributed by atoms with Gasteiger partial charge in [-0.15, -0.1) is 0 Å². The van der Waals surface area contributed by atoms with Gasteiger partial charge in [-0.2, -0.15) is 0 Å². The number of benzene rings is 3. The van der Waals surface area contributed by atoms with Crippen LogP contribution in [0.1, 0.15) is 105 Å². The van der Waals surface area contributed by atoms with Gasteiger partial charge in [0.1, 0.15) is 5.82 Å². The summed E-state index contributed by atoms with van der Waals surface area (Å²) in [4.78, 5) is 0. The molecule has 3 aromatic carbocycles. The smallest absolute Gasteiger partial charge is 0.140 e. The highest BCUT2D eigenvalue weighted by molar-refractivity contribution is 5.49. The normalized spacial score (nSPS) is 10.3. The maximum Gasteiger partial charge on any atom is 0.140 e. The minimum Gasteiger partial charge on any atom is -0.206 e. The molecule has 0 aromatic heterocycles. The van der Waals surface area contributed by atoms with Crippen LogP contribution in [-0.2, 0) is 12.8 Å². The van der Waals surface area contributed by atoms with E-state index in [9.17, 15) is 4.39 Å². The lowest BCUT2D eigenvalue weighted by molar-refractivity contribution is 0.607. The quantitative estimate of drug-likeness (QED) is 0.190. The van der Waals surface area contributed by atoms with Crippen molar-refractivity contribution in [3.63, 3.8) is 0 Å². The summed E-state index contributed by atoms with van der Waals surface area (Å²) in [5, 5.41) is 0. The third kappa shape index (κ3) is 9.76. The van der Waals surface area contributed by atoms with Crippen molar-refractivity contribution in [1.29, 1.82) is 0 Å². The van der Waals surface area contributed by atoms with E-state index in [-0.39, 0.29) is 5.82 Å². The van der Waals surface area contributed by atoms with Gasteiger partial charge in [0, 0.05) is 16.7 Å². The Hall–Kier alpha value is -3.29. The summed E-state index contributed by atoms with van der Waals surface area (Å²) in [5.41, 5.74) is 5.59. The van der Waals surface area contributed by atoms with Gasteiger partial charge in [0.15, 0.2) is 0 Å². The lowest BCUT2D eigenvalue weighted by Gasteiger charge is -2.02. The molecular formula is C35H39F. The van der Waals surface area contributed by atoms with E-state index < -0.39 is 0 Å². The second-order valence-electron chi connectivity index (χ2n) is 9.56. The van der Waals surface area contributed by atoms with Gasteiger partial charge in [0.25, 0.3) is 0 Å². The van der Waals surface area contributed by atoms with Crippen molar-refractivity contribution in [3.8, 4) is 23.7 Å². The molecule has 0 unspecified atom stereocenters. The average Bonchev–Trinajstić information content (AvgIpc) is 2.90. The molecule has 0 N–H and O–H groups in total. The molecule has 0 fully saturated rings. The first-order valence-electron chi connectivity index (χ1n) is 13.7. The minimum atomic E-state index is -0.334. The molecule has 0 bridgehead atoms. The molecule has 36 heavy (non-hydrogen) atoms. The third-order valence-corrected chi connectivity index (χ3v) is 6.46. The molecule has 0 aliphatic carbocycles. The highest BCUT2D eigenvalue weighted by atomic mass is 19.1. The van der Waals surface area contributed by atoms with E-state index in [1.165, 1.54) is 75.0 Å². The summed E-state index contributed by atoms with van der Waals surface area (Å²) in [5.74, 6) is 11.9.